The van der Waals surface area contributed by atoms with E-state index >= 15 is 0 Å². The Hall–Kier alpha value is -0.770. The van der Waals surface area contributed by atoms with E-state index in [1.165, 1.54) is 6.42 Å². The van der Waals surface area contributed by atoms with Gasteiger partial charge in [-0.3, -0.25) is 10.4 Å². The first-order chi connectivity index (χ1) is 7.29. The van der Waals surface area contributed by atoms with Crippen molar-refractivity contribution in [3.63, 3.8) is 0 Å². The second kappa shape index (κ2) is 9.77. The minimum Gasteiger partial charge on any atom is -0.342 e. The van der Waals surface area contributed by atoms with Crippen molar-refractivity contribution in [2.24, 2.45) is 10.8 Å². The first-order valence-corrected chi connectivity index (χ1v) is 6.06. The van der Waals surface area contributed by atoms with Gasteiger partial charge in [0, 0.05) is 19.6 Å². The van der Waals surface area contributed by atoms with Crippen LogP contribution in [0.25, 0.3) is 0 Å². The van der Waals surface area contributed by atoms with Crippen molar-refractivity contribution in [2.45, 2.75) is 46.5 Å². The Kier molecular flexibility index (Phi) is 9.27. The summed E-state index contributed by atoms with van der Waals surface area (Å²) in [5.74, 6) is 6.33. The Balaban J connectivity index is 4.22. The van der Waals surface area contributed by atoms with E-state index in [-0.39, 0.29) is 0 Å². The van der Waals surface area contributed by atoms with Gasteiger partial charge in [-0.05, 0) is 19.3 Å². The summed E-state index contributed by atoms with van der Waals surface area (Å²) in [6.07, 6.45) is 4.53. The lowest BCUT2D eigenvalue weighted by Gasteiger charge is -2.24. The van der Waals surface area contributed by atoms with Crippen LogP contribution in [0.5, 0.6) is 0 Å². The molecule has 0 saturated carbocycles. The van der Waals surface area contributed by atoms with E-state index in [1.54, 1.807) is 0 Å². The number of nitrogens with zero attached hydrogens (tertiary/aromatic N) is 2. The summed E-state index contributed by atoms with van der Waals surface area (Å²) in [5.41, 5.74) is 2.71. The molecule has 0 fully saturated rings. The Morgan fingerprint density at radius 1 is 1.13 bits per heavy atom. The molecule has 0 bridgehead atoms. The summed E-state index contributed by atoms with van der Waals surface area (Å²) in [7, 11) is 0. The highest BCUT2D eigenvalue weighted by atomic mass is 15.4. The highest BCUT2D eigenvalue weighted by Gasteiger charge is 2.06. The zero-order valence-electron chi connectivity index (χ0n) is 10.4. The topological polar surface area (TPSA) is 53.6 Å². The SMILES string of the molecule is CCCCN=C(NN)N(CCC)CCC. The molecule has 0 aromatic heterocycles. The molecule has 0 aliphatic rings. The third kappa shape index (κ3) is 6.33. The minimum atomic E-state index is 0.840. The molecule has 4 nitrogen and oxygen atoms in total. The fourth-order valence-electron chi connectivity index (χ4n) is 1.44. The Morgan fingerprint density at radius 2 is 1.73 bits per heavy atom. The number of hydrogen-bond donors (Lipinski definition) is 2. The van der Waals surface area contributed by atoms with Gasteiger partial charge in [0.05, 0.1) is 0 Å². The molecular formula is C11H26N4. The van der Waals surface area contributed by atoms with E-state index in [1.807, 2.05) is 0 Å². The maximum absolute atomic E-state index is 5.49. The third-order valence-electron chi connectivity index (χ3n) is 2.19. The number of unbranched alkanes of at least 4 members (excludes halogenated alkanes) is 1. The number of nitrogens with one attached hydrogen (secondary N) is 1. The van der Waals surface area contributed by atoms with Gasteiger partial charge in [0.15, 0.2) is 0 Å². The lowest BCUT2D eigenvalue weighted by atomic mass is 10.3. The first-order valence-electron chi connectivity index (χ1n) is 6.06. The van der Waals surface area contributed by atoms with Gasteiger partial charge < -0.3 is 4.90 Å². The van der Waals surface area contributed by atoms with Crippen LogP contribution in [0.3, 0.4) is 0 Å². The normalized spacial score (nSPS) is 11.6. The van der Waals surface area contributed by atoms with Gasteiger partial charge in [-0.2, -0.15) is 0 Å². The molecule has 0 aliphatic heterocycles. The van der Waals surface area contributed by atoms with E-state index < -0.39 is 0 Å². The second-order valence-electron chi connectivity index (χ2n) is 3.69. The average Bonchev–Trinajstić information content (AvgIpc) is 2.24. The highest BCUT2D eigenvalue weighted by molar-refractivity contribution is 5.79. The fraction of sp³-hybridized carbons (Fsp3) is 0.909. The molecule has 0 unspecified atom stereocenters. The molecule has 0 amide bonds. The van der Waals surface area contributed by atoms with E-state index in [2.05, 4.69) is 36.1 Å². The van der Waals surface area contributed by atoms with Crippen LogP contribution in [0.1, 0.15) is 46.5 Å². The van der Waals surface area contributed by atoms with Crippen LogP contribution in [0.4, 0.5) is 0 Å². The first kappa shape index (κ1) is 14.2. The van der Waals surface area contributed by atoms with Gasteiger partial charge in [-0.1, -0.05) is 27.2 Å². The van der Waals surface area contributed by atoms with Crippen molar-refractivity contribution < 1.29 is 0 Å². The Labute approximate surface area is 93.9 Å². The Bertz CT molecular complexity index is 162. The van der Waals surface area contributed by atoms with Gasteiger partial charge in [0.1, 0.15) is 0 Å². The molecule has 0 radical (unpaired) electrons. The van der Waals surface area contributed by atoms with Gasteiger partial charge >= 0.3 is 0 Å². The summed E-state index contributed by atoms with van der Waals surface area (Å²) >= 11 is 0. The summed E-state index contributed by atoms with van der Waals surface area (Å²) in [4.78, 5) is 6.69. The zero-order chi connectivity index (χ0) is 11.5. The molecule has 3 N–H and O–H groups in total. The fourth-order valence-corrected chi connectivity index (χ4v) is 1.44. The molecule has 0 rings (SSSR count). The molecule has 0 aromatic carbocycles. The highest BCUT2D eigenvalue weighted by Crippen LogP contribution is 1.96. The predicted octanol–water partition coefficient (Wildman–Crippen LogP) is 1.73. The molecule has 0 spiro atoms. The quantitative estimate of drug-likeness (QED) is 0.223. The molecule has 4 heteroatoms. The molecule has 0 aromatic rings. The largest absolute Gasteiger partial charge is 0.342 e. The van der Waals surface area contributed by atoms with Crippen LogP contribution in [-0.4, -0.2) is 30.5 Å². The summed E-state index contributed by atoms with van der Waals surface area (Å²) in [5, 5.41) is 0. The van der Waals surface area contributed by atoms with Crippen molar-refractivity contribution in [2.75, 3.05) is 19.6 Å². The third-order valence-corrected chi connectivity index (χ3v) is 2.19. The van der Waals surface area contributed by atoms with Crippen molar-refractivity contribution >= 4 is 5.96 Å². The number of nitrogens with two attached hydrogens (primary N) is 1. The van der Waals surface area contributed by atoms with E-state index in [0.29, 0.717) is 0 Å². The molecule has 0 heterocycles. The second-order valence-corrected chi connectivity index (χ2v) is 3.69. The van der Waals surface area contributed by atoms with Gasteiger partial charge in [0.25, 0.3) is 0 Å². The van der Waals surface area contributed by atoms with Crippen LogP contribution in [0, 0.1) is 0 Å². The van der Waals surface area contributed by atoms with Crippen LogP contribution in [-0.2, 0) is 0 Å². The van der Waals surface area contributed by atoms with Crippen molar-refractivity contribution in [3.8, 4) is 0 Å². The lowest BCUT2D eigenvalue weighted by molar-refractivity contribution is 0.400. The van der Waals surface area contributed by atoms with Gasteiger partial charge in [-0.25, -0.2) is 5.84 Å². The van der Waals surface area contributed by atoms with Crippen LogP contribution in [0.2, 0.25) is 0 Å². The lowest BCUT2D eigenvalue weighted by Crippen LogP contribution is -2.45. The zero-order valence-corrected chi connectivity index (χ0v) is 10.4. The van der Waals surface area contributed by atoms with Gasteiger partial charge in [0.2, 0.25) is 5.96 Å². The monoisotopic (exact) mass is 214 g/mol. The number of hydrazine groups is 1. The molecule has 0 atom stereocenters. The maximum atomic E-state index is 5.49. The van der Waals surface area contributed by atoms with Crippen LogP contribution >= 0.6 is 0 Å². The molecule has 15 heavy (non-hydrogen) atoms. The number of rotatable bonds is 7. The van der Waals surface area contributed by atoms with E-state index in [4.69, 9.17) is 5.84 Å². The maximum Gasteiger partial charge on any atom is 0.208 e. The molecule has 90 valence electrons. The summed E-state index contributed by atoms with van der Waals surface area (Å²) in [6.45, 7) is 9.40. The van der Waals surface area contributed by atoms with E-state index in [0.717, 1.165) is 44.9 Å². The summed E-state index contributed by atoms with van der Waals surface area (Å²) < 4.78 is 0. The molecule has 0 saturated heterocycles. The van der Waals surface area contributed by atoms with Crippen molar-refractivity contribution in [1.29, 1.82) is 0 Å². The predicted molar refractivity (Wildman–Crippen MR) is 66.7 cm³/mol. The van der Waals surface area contributed by atoms with Crippen LogP contribution in [0.15, 0.2) is 4.99 Å². The van der Waals surface area contributed by atoms with Crippen molar-refractivity contribution in [3.05, 3.63) is 0 Å². The standard InChI is InChI=1S/C11H26N4/c1-4-7-8-13-11(14-12)15(9-5-2)10-6-3/h4-10,12H2,1-3H3,(H,13,14). The number of aliphatic imine (C=N–C) groups is 1. The van der Waals surface area contributed by atoms with E-state index in [9.17, 15) is 0 Å². The van der Waals surface area contributed by atoms with Crippen LogP contribution < -0.4 is 11.3 Å². The van der Waals surface area contributed by atoms with Crippen molar-refractivity contribution in [1.82, 2.24) is 10.3 Å². The molecular weight excluding hydrogens is 188 g/mol. The minimum absolute atomic E-state index is 0.840. The molecule has 0 aliphatic carbocycles. The summed E-state index contributed by atoms with van der Waals surface area (Å²) in [6, 6.07) is 0. The number of guanidine groups is 1. The number of hydrogen-bond acceptors (Lipinski definition) is 2. The van der Waals surface area contributed by atoms with Gasteiger partial charge in [-0.15, -0.1) is 0 Å². The average molecular weight is 214 g/mol. The smallest absolute Gasteiger partial charge is 0.208 e. The Morgan fingerprint density at radius 3 is 2.13 bits per heavy atom.